The Morgan fingerprint density at radius 1 is 0.885 bits per heavy atom. The van der Waals surface area contributed by atoms with Gasteiger partial charge in [0.25, 0.3) is 0 Å². The third-order valence-electron chi connectivity index (χ3n) is 6.69. The number of allylic oxidation sites excluding steroid dienone is 11. The number of rotatable bonds is 1. The lowest BCUT2D eigenvalue weighted by Gasteiger charge is -2.25. The molecule has 2 heterocycles. The van der Waals surface area contributed by atoms with Crippen molar-refractivity contribution in [3.63, 3.8) is 0 Å². The minimum atomic E-state index is 0.234. The van der Waals surface area contributed by atoms with Gasteiger partial charge in [-0.15, -0.1) is 0 Å². The summed E-state index contributed by atoms with van der Waals surface area (Å²) < 4.78 is 6.17. The smallest absolute Gasteiger partial charge is 0.124 e. The highest BCUT2D eigenvalue weighted by Gasteiger charge is 2.41. The van der Waals surface area contributed by atoms with Gasteiger partial charge in [-0.05, 0) is 48.1 Å². The second-order valence-electron chi connectivity index (χ2n) is 8.07. The molecular weight excluding hydrogens is 318 g/mol. The molecule has 5 unspecified atom stereocenters. The van der Waals surface area contributed by atoms with E-state index < -0.39 is 0 Å². The topological polar surface area (TPSA) is 21.3 Å². The summed E-state index contributed by atoms with van der Waals surface area (Å²) in [6.45, 7) is 0. The van der Waals surface area contributed by atoms with Gasteiger partial charge in [-0.1, -0.05) is 54.7 Å². The Hall–Kier alpha value is -2.48. The summed E-state index contributed by atoms with van der Waals surface area (Å²) in [5, 5.41) is 3.72. The van der Waals surface area contributed by atoms with Crippen molar-refractivity contribution >= 4 is 0 Å². The molecule has 4 aliphatic carbocycles. The first-order valence-corrected chi connectivity index (χ1v) is 9.85. The molecular formula is C24H23NO. The lowest BCUT2D eigenvalue weighted by atomic mass is 9.77. The summed E-state index contributed by atoms with van der Waals surface area (Å²) in [5.74, 6) is 2.69. The quantitative estimate of drug-likeness (QED) is 0.750. The molecule has 0 radical (unpaired) electrons. The van der Waals surface area contributed by atoms with Crippen LogP contribution in [0.2, 0.25) is 0 Å². The molecule has 1 N–H and O–H groups in total. The number of fused-ring (bicyclic) bond motifs is 5. The lowest BCUT2D eigenvalue weighted by molar-refractivity contribution is 0.184. The molecule has 2 heteroatoms. The maximum absolute atomic E-state index is 6.17. The zero-order valence-corrected chi connectivity index (χ0v) is 14.8. The van der Waals surface area contributed by atoms with Gasteiger partial charge in [-0.3, -0.25) is 0 Å². The fourth-order valence-electron chi connectivity index (χ4n) is 5.34. The summed E-state index contributed by atoms with van der Waals surface area (Å²) in [6.07, 6.45) is 28.5. The van der Waals surface area contributed by atoms with Crippen LogP contribution >= 0.6 is 0 Å². The summed E-state index contributed by atoms with van der Waals surface area (Å²) in [4.78, 5) is 0. The molecule has 5 atom stereocenters. The molecule has 0 bridgehead atoms. The van der Waals surface area contributed by atoms with Gasteiger partial charge in [-0.25, -0.2) is 0 Å². The molecule has 0 aromatic heterocycles. The molecule has 0 saturated carbocycles. The van der Waals surface area contributed by atoms with Crippen molar-refractivity contribution in [3.05, 3.63) is 95.0 Å². The predicted molar refractivity (Wildman–Crippen MR) is 104 cm³/mol. The van der Waals surface area contributed by atoms with Gasteiger partial charge in [0.1, 0.15) is 11.9 Å². The van der Waals surface area contributed by atoms with Crippen LogP contribution in [0.5, 0.6) is 0 Å². The Bertz CT molecular complexity index is 904. The first-order chi connectivity index (χ1) is 12.9. The van der Waals surface area contributed by atoms with Crippen molar-refractivity contribution in [1.29, 1.82) is 0 Å². The van der Waals surface area contributed by atoms with E-state index in [-0.39, 0.29) is 6.10 Å². The van der Waals surface area contributed by atoms with Gasteiger partial charge in [0.05, 0.1) is 6.04 Å². The Morgan fingerprint density at radius 2 is 1.77 bits per heavy atom. The van der Waals surface area contributed by atoms with Gasteiger partial charge >= 0.3 is 0 Å². The van der Waals surface area contributed by atoms with Crippen molar-refractivity contribution in [3.8, 4) is 0 Å². The first kappa shape index (κ1) is 14.7. The second kappa shape index (κ2) is 5.51. The molecule has 2 nitrogen and oxygen atoms in total. The molecule has 6 rings (SSSR count). The SMILES string of the molecule is C1=CC2NC3=C(C=C(C4=CC=C5OC6C=CC=CC6C5C4)CC3)C2C=C1. The van der Waals surface area contributed by atoms with Gasteiger partial charge in [0.2, 0.25) is 0 Å². The Balaban J connectivity index is 1.29. The number of ether oxygens (including phenoxy) is 1. The van der Waals surface area contributed by atoms with E-state index in [9.17, 15) is 0 Å². The van der Waals surface area contributed by atoms with Crippen LogP contribution in [0, 0.1) is 17.8 Å². The predicted octanol–water partition coefficient (Wildman–Crippen LogP) is 4.65. The number of hydrogen-bond donors (Lipinski definition) is 1. The molecule has 1 fully saturated rings. The zero-order valence-electron chi connectivity index (χ0n) is 14.8. The summed E-state index contributed by atoms with van der Waals surface area (Å²) in [5.41, 5.74) is 6.00. The largest absolute Gasteiger partial charge is 0.490 e. The van der Waals surface area contributed by atoms with E-state index in [1.54, 1.807) is 0 Å². The van der Waals surface area contributed by atoms with Gasteiger partial charge < -0.3 is 10.1 Å². The van der Waals surface area contributed by atoms with Crippen LogP contribution in [-0.2, 0) is 4.74 Å². The van der Waals surface area contributed by atoms with Crippen LogP contribution in [0.4, 0.5) is 0 Å². The third-order valence-corrected chi connectivity index (χ3v) is 6.69. The maximum atomic E-state index is 6.17. The average Bonchev–Trinajstić information content (AvgIpc) is 3.25. The van der Waals surface area contributed by atoms with Crippen LogP contribution < -0.4 is 5.32 Å². The molecule has 130 valence electrons. The van der Waals surface area contributed by atoms with Crippen LogP contribution in [0.25, 0.3) is 0 Å². The highest BCUT2D eigenvalue weighted by molar-refractivity contribution is 5.51. The van der Waals surface area contributed by atoms with E-state index in [0.717, 1.165) is 19.3 Å². The lowest BCUT2D eigenvalue weighted by Crippen LogP contribution is -2.26. The van der Waals surface area contributed by atoms with E-state index in [0.29, 0.717) is 23.8 Å². The summed E-state index contributed by atoms with van der Waals surface area (Å²) >= 11 is 0. The van der Waals surface area contributed by atoms with Crippen LogP contribution in [0.3, 0.4) is 0 Å². The Kier molecular flexibility index (Phi) is 3.11. The maximum Gasteiger partial charge on any atom is 0.124 e. The van der Waals surface area contributed by atoms with Crippen molar-refractivity contribution in [2.24, 2.45) is 17.8 Å². The Morgan fingerprint density at radius 3 is 2.77 bits per heavy atom. The van der Waals surface area contributed by atoms with Gasteiger partial charge in [0, 0.05) is 23.5 Å². The molecule has 2 aliphatic heterocycles. The van der Waals surface area contributed by atoms with Crippen molar-refractivity contribution in [2.75, 3.05) is 0 Å². The van der Waals surface area contributed by atoms with E-state index in [1.165, 1.54) is 28.2 Å². The zero-order chi connectivity index (χ0) is 17.1. The second-order valence-corrected chi connectivity index (χ2v) is 8.07. The monoisotopic (exact) mass is 341 g/mol. The van der Waals surface area contributed by atoms with E-state index in [1.807, 2.05) is 0 Å². The molecule has 26 heavy (non-hydrogen) atoms. The van der Waals surface area contributed by atoms with E-state index in [4.69, 9.17) is 4.74 Å². The highest BCUT2D eigenvalue weighted by atomic mass is 16.5. The van der Waals surface area contributed by atoms with Crippen molar-refractivity contribution < 1.29 is 4.74 Å². The van der Waals surface area contributed by atoms with Crippen LogP contribution in [0.15, 0.2) is 95.0 Å². The fraction of sp³-hybridized carbons (Fsp3) is 0.333. The normalized spacial score (nSPS) is 38.5. The average molecular weight is 341 g/mol. The van der Waals surface area contributed by atoms with Crippen molar-refractivity contribution in [1.82, 2.24) is 5.32 Å². The number of hydrogen-bond acceptors (Lipinski definition) is 2. The Labute approximate surface area is 154 Å². The van der Waals surface area contributed by atoms with Crippen LogP contribution in [-0.4, -0.2) is 12.1 Å². The fourth-order valence-corrected chi connectivity index (χ4v) is 5.34. The minimum absolute atomic E-state index is 0.234. The third kappa shape index (κ3) is 2.11. The molecule has 0 aromatic carbocycles. The number of nitrogens with one attached hydrogen (secondary N) is 1. The minimum Gasteiger partial charge on any atom is -0.490 e. The first-order valence-electron chi connectivity index (χ1n) is 9.85. The molecule has 0 aromatic rings. The summed E-state index contributed by atoms with van der Waals surface area (Å²) in [6, 6.07) is 0.454. The standard InChI is InChI=1S/C24H23NO/c1-3-7-21-17(5-1)19-13-15(9-11-22(19)25-21)16-10-12-24-20(14-16)18-6-2-4-8-23(18)26-24/h1-8,10,12-13,17-18,20-21,23,25H,9,11,14H2. The summed E-state index contributed by atoms with van der Waals surface area (Å²) in [7, 11) is 0. The van der Waals surface area contributed by atoms with Crippen LogP contribution in [0.1, 0.15) is 19.3 Å². The van der Waals surface area contributed by atoms with E-state index >= 15 is 0 Å². The van der Waals surface area contributed by atoms with Gasteiger partial charge in [0.15, 0.2) is 0 Å². The molecule has 0 spiro atoms. The van der Waals surface area contributed by atoms with E-state index in [2.05, 4.69) is 72.2 Å². The molecule has 0 amide bonds. The van der Waals surface area contributed by atoms with Gasteiger partial charge in [-0.2, -0.15) is 0 Å². The highest BCUT2D eigenvalue weighted by Crippen LogP contribution is 2.47. The van der Waals surface area contributed by atoms with Crippen molar-refractivity contribution in [2.45, 2.75) is 31.4 Å². The molecule has 1 saturated heterocycles. The molecule has 6 aliphatic rings.